The van der Waals surface area contributed by atoms with Crippen molar-refractivity contribution >= 4 is 11.7 Å². The maximum absolute atomic E-state index is 12.4. The molecule has 23 heavy (non-hydrogen) atoms. The first-order valence-electron chi connectivity index (χ1n) is 7.75. The van der Waals surface area contributed by atoms with Crippen LogP contribution in [0.4, 0.5) is 5.82 Å². The summed E-state index contributed by atoms with van der Waals surface area (Å²) in [5.74, 6) is 0.454. The molecule has 1 aromatic carbocycles. The number of hydrogen-bond donors (Lipinski definition) is 3. The van der Waals surface area contributed by atoms with E-state index in [0.29, 0.717) is 25.2 Å². The molecule has 3 rings (SSSR count). The number of carbonyl (C=O) groups excluding carboxylic acids is 1. The van der Waals surface area contributed by atoms with E-state index >= 15 is 0 Å². The van der Waals surface area contributed by atoms with Gasteiger partial charge < -0.3 is 15.8 Å². The summed E-state index contributed by atoms with van der Waals surface area (Å²) < 4.78 is 5.42. The topological polar surface area (TPSA) is 93.0 Å². The van der Waals surface area contributed by atoms with Crippen LogP contribution in [0.2, 0.25) is 0 Å². The number of rotatable bonds is 5. The van der Waals surface area contributed by atoms with Crippen LogP contribution in [0, 0.1) is 12.8 Å². The van der Waals surface area contributed by atoms with Crippen molar-refractivity contribution in [3.8, 4) is 11.1 Å². The lowest BCUT2D eigenvalue weighted by Gasteiger charge is -2.44. The number of H-pyrrole nitrogens is 1. The molecule has 1 aliphatic rings. The second kappa shape index (κ2) is 6.14. The minimum atomic E-state index is -0.342. The van der Waals surface area contributed by atoms with Crippen LogP contribution in [-0.4, -0.2) is 35.4 Å². The summed E-state index contributed by atoms with van der Waals surface area (Å²) in [5, 5.41) is 10.1. The van der Waals surface area contributed by atoms with Gasteiger partial charge in [-0.15, -0.1) is 0 Å². The van der Waals surface area contributed by atoms with Crippen LogP contribution in [0.5, 0.6) is 0 Å². The number of anilines is 1. The Morgan fingerprint density at radius 1 is 1.43 bits per heavy atom. The highest BCUT2D eigenvalue weighted by Crippen LogP contribution is 2.40. The van der Waals surface area contributed by atoms with Gasteiger partial charge in [0.05, 0.1) is 5.60 Å². The van der Waals surface area contributed by atoms with Gasteiger partial charge in [0.25, 0.3) is 0 Å². The number of aromatic amines is 1. The first kappa shape index (κ1) is 15.7. The molecular weight excluding hydrogens is 292 g/mol. The van der Waals surface area contributed by atoms with Gasteiger partial charge in [-0.3, -0.25) is 9.89 Å². The second-order valence-electron chi connectivity index (χ2n) is 6.12. The fourth-order valence-electron chi connectivity index (χ4n) is 3.14. The minimum Gasteiger partial charge on any atom is -0.377 e. The summed E-state index contributed by atoms with van der Waals surface area (Å²) in [6.07, 6.45) is 1.30. The molecule has 0 aliphatic heterocycles. The van der Waals surface area contributed by atoms with E-state index in [1.54, 1.807) is 7.11 Å². The highest BCUT2D eigenvalue weighted by molar-refractivity contribution is 5.96. The smallest absolute Gasteiger partial charge is 0.228 e. The number of nitrogens with one attached hydrogen (secondary N) is 2. The van der Waals surface area contributed by atoms with Gasteiger partial charge in [-0.05, 0) is 25.3 Å². The molecule has 1 aliphatic carbocycles. The van der Waals surface area contributed by atoms with E-state index < -0.39 is 0 Å². The van der Waals surface area contributed by atoms with Crippen LogP contribution in [0.15, 0.2) is 30.3 Å². The first-order chi connectivity index (χ1) is 11.1. The van der Waals surface area contributed by atoms with E-state index in [4.69, 9.17) is 10.5 Å². The zero-order valence-electron chi connectivity index (χ0n) is 13.4. The third-order valence-electron chi connectivity index (χ3n) is 4.66. The van der Waals surface area contributed by atoms with E-state index in [-0.39, 0.29) is 17.4 Å². The second-order valence-corrected chi connectivity index (χ2v) is 6.12. The van der Waals surface area contributed by atoms with Crippen LogP contribution >= 0.6 is 0 Å². The Hall–Kier alpha value is -2.18. The molecule has 1 aromatic heterocycles. The van der Waals surface area contributed by atoms with Gasteiger partial charge in [0.2, 0.25) is 5.91 Å². The molecule has 6 heteroatoms. The van der Waals surface area contributed by atoms with Crippen molar-refractivity contribution in [3.63, 3.8) is 0 Å². The fourth-order valence-corrected chi connectivity index (χ4v) is 3.14. The first-order valence-corrected chi connectivity index (χ1v) is 7.75. The summed E-state index contributed by atoms with van der Waals surface area (Å²) in [5.41, 5.74) is 8.26. The largest absolute Gasteiger partial charge is 0.377 e. The molecule has 0 unspecified atom stereocenters. The molecule has 1 heterocycles. The zero-order valence-corrected chi connectivity index (χ0v) is 13.4. The number of aryl methyl sites for hydroxylation is 1. The number of nitrogens with zero attached hydrogens (tertiary/aromatic N) is 1. The van der Waals surface area contributed by atoms with Gasteiger partial charge in [0.15, 0.2) is 5.82 Å². The number of carbonyl (C=O) groups is 1. The fraction of sp³-hybridized carbons (Fsp3) is 0.412. The molecule has 0 atom stereocenters. The third-order valence-corrected chi connectivity index (χ3v) is 4.66. The molecule has 0 bridgehead atoms. The third kappa shape index (κ3) is 2.87. The minimum absolute atomic E-state index is 0.0326. The Labute approximate surface area is 135 Å². The zero-order chi connectivity index (χ0) is 16.4. The van der Waals surface area contributed by atoms with Gasteiger partial charge in [-0.25, -0.2) is 0 Å². The number of benzene rings is 1. The molecule has 0 spiro atoms. The SMILES string of the molecule is COC1(CN)CC(C(=O)Nc2n[nH]c(C)c2-c2ccccc2)C1. The standard InChI is InChI=1S/C17H22N4O2/c1-11-14(12-6-4-3-5-7-12)15(21-20-11)19-16(22)13-8-17(9-13,10-18)23-2/h3-7,13H,8-10,18H2,1-2H3,(H2,19,20,21,22). The Kier molecular flexibility index (Phi) is 4.19. The van der Waals surface area contributed by atoms with E-state index in [0.717, 1.165) is 16.8 Å². The van der Waals surface area contributed by atoms with Gasteiger partial charge >= 0.3 is 0 Å². The Balaban J connectivity index is 1.74. The summed E-state index contributed by atoms with van der Waals surface area (Å²) in [6.45, 7) is 2.38. The maximum Gasteiger partial charge on any atom is 0.228 e. The molecule has 1 saturated carbocycles. The van der Waals surface area contributed by atoms with E-state index in [2.05, 4.69) is 15.5 Å². The van der Waals surface area contributed by atoms with Crippen molar-refractivity contribution in [1.82, 2.24) is 10.2 Å². The van der Waals surface area contributed by atoms with Crippen LogP contribution in [0.25, 0.3) is 11.1 Å². The number of amides is 1. The summed E-state index contributed by atoms with van der Waals surface area (Å²) in [7, 11) is 1.64. The molecule has 122 valence electrons. The predicted octanol–water partition coefficient (Wildman–Crippen LogP) is 2.08. The number of hydrogen-bond acceptors (Lipinski definition) is 4. The number of nitrogens with two attached hydrogens (primary N) is 1. The molecule has 0 radical (unpaired) electrons. The van der Waals surface area contributed by atoms with Crippen molar-refractivity contribution in [2.45, 2.75) is 25.4 Å². The summed E-state index contributed by atoms with van der Waals surface area (Å²) in [4.78, 5) is 12.4. The molecule has 0 saturated heterocycles. The monoisotopic (exact) mass is 314 g/mol. The van der Waals surface area contributed by atoms with Gasteiger partial charge in [0, 0.05) is 30.8 Å². The highest BCUT2D eigenvalue weighted by atomic mass is 16.5. The Bertz CT molecular complexity index is 684. The number of ether oxygens (including phenoxy) is 1. The maximum atomic E-state index is 12.4. The molecule has 6 nitrogen and oxygen atoms in total. The average Bonchev–Trinajstić information content (AvgIpc) is 2.89. The van der Waals surface area contributed by atoms with Crippen LogP contribution in [0.1, 0.15) is 18.5 Å². The predicted molar refractivity (Wildman–Crippen MR) is 88.9 cm³/mol. The Morgan fingerprint density at radius 3 is 2.74 bits per heavy atom. The summed E-state index contributed by atoms with van der Waals surface area (Å²) in [6, 6.07) is 9.89. The quantitative estimate of drug-likeness (QED) is 0.787. The highest BCUT2D eigenvalue weighted by Gasteiger charge is 2.47. The van der Waals surface area contributed by atoms with Crippen molar-refractivity contribution in [1.29, 1.82) is 0 Å². The van der Waals surface area contributed by atoms with E-state index in [1.165, 1.54) is 0 Å². The van der Waals surface area contributed by atoms with Gasteiger partial charge in [-0.2, -0.15) is 5.10 Å². The van der Waals surface area contributed by atoms with Crippen molar-refractivity contribution in [2.24, 2.45) is 11.7 Å². The van der Waals surface area contributed by atoms with Crippen LogP contribution in [-0.2, 0) is 9.53 Å². The molecule has 1 amide bonds. The number of aromatic nitrogens is 2. The van der Waals surface area contributed by atoms with Gasteiger partial charge in [0.1, 0.15) is 0 Å². The lowest BCUT2D eigenvalue weighted by molar-refractivity contribution is -0.140. The lowest BCUT2D eigenvalue weighted by Crippen LogP contribution is -2.54. The van der Waals surface area contributed by atoms with E-state index in [1.807, 2.05) is 37.3 Å². The Morgan fingerprint density at radius 2 is 2.13 bits per heavy atom. The normalized spacial score (nSPS) is 23.3. The van der Waals surface area contributed by atoms with E-state index in [9.17, 15) is 4.79 Å². The molecule has 2 aromatic rings. The molecular formula is C17H22N4O2. The number of methoxy groups -OCH3 is 1. The molecule has 4 N–H and O–H groups in total. The summed E-state index contributed by atoms with van der Waals surface area (Å²) >= 11 is 0. The van der Waals surface area contributed by atoms with Crippen molar-refractivity contribution in [3.05, 3.63) is 36.0 Å². The lowest BCUT2D eigenvalue weighted by atomic mass is 9.70. The van der Waals surface area contributed by atoms with Crippen LogP contribution < -0.4 is 11.1 Å². The van der Waals surface area contributed by atoms with Crippen molar-refractivity contribution in [2.75, 3.05) is 19.0 Å². The molecule has 1 fully saturated rings. The van der Waals surface area contributed by atoms with Crippen LogP contribution in [0.3, 0.4) is 0 Å². The average molecular weight is 314 g/mol. The van der Waals surface area contributed by atoms with Gasteiger partial charge in [-0.1, -0.05) is 30.3 Å². The van der Waals surface area contributed by atoms with Crippen molar-refractivity contribution < 1.29 is 9.53 Å².